The Balaban J connectivity index is 1.17. The van der Waals surface area contributed by atoms with Gasteiger partial charge in [-0.25, -0.2) is 0 Å². The number of piperidine rings is 1. The van der Waals surface area contributed by atoms with E-state index in [9.17, 15) is 0 Å². The zero-order valence-corrected chi connectivity index (χ0v) is 19.3. The van der Waals surface area contributed by atoms with E-state index in [0.717, 1.165) is 62.1 Å². The van der Waals surface area contributed by atoms with Crippen molar-refractivity contribution in [1.82, 2.24) is 20.0 Å². The molecule has 1 unspecified atom stereocenters. The molecule has 0 saturated carbocycles. The predicted octanol–water partition coefficient (Wildman–Crippen LogP) is 3.55. The first-order valence-corrected chi connectivity index (χ1v) is 12.2. The van der Waals surface area contributed by atoms with E-state index in [0.29, 0.717) is 0 Å². The molecule has 1 aromatic rings. The lowest BCUT2D eigenvalue weighted by Gasteiger charge is -2.33. The summed E-state index contributed by atoms with van der Waals surface area (Å²) in [6, 6.07) is 8.23. The standard InChI is InChI=1S/C24H38ClN5/c1-26-24(30-15-10-21(18-30)17-28-11-4-5-12-28)27-16-20-8-13-29(14-9-20)19-22-6-2-3-7-23(22)25/h2-3,6-7,20-21H,4-5,8-19H2,1H3,(H,26,27). The highest BCUT2D eigenvalue weighted by atomic mass is 35.5. The number of nitrogens with zero attached hydrogens (tertiary/aromatic N) is 4. The molecule has 3 aliphatic heterocycles. The maximum Gasteiger partial charge on any atom is 0.193 e. The van der Waals surface area contributed by atoms with Crippen molar-refractivity contribution < 1.29 is 0 Å². The number of hydrogen-bond donors (Lipinski definition) is 1. The summed E-state index contributed by atoms with van der Waals surface area (Å²) in [6.07, 6.45) is 6.56. The fraction of sp³-hybridized carbons (Fsp3) is 0.708. The van der Waals surface area contributed by atoms with Crippen LogP contribution in [0, 0.1) is 11.8 Å². The highest BCUT2D eigenvalue weighted by Crippen LogP contribution is 2.23. The molecule has 1 atom stereocenters. The van der Waals surface area contributed by atoms with E-state index in [-0.39, 0.29) is 0 Å². The third kappa shape index (κ3) is 5.89. The monoisotopic (exact) mass is 431 g/mol. The minimum absolute atomic E-state index is 0.729. The Morgan fingerprint density at radius 2 is 1.73 bits per heavy atom. The second-order valence-corrected chi connectivity index (χ2v) is 9.75. The molecule has 3 fully saturated rings. The zero-order chi connectivity index (χ0) is 20.8. The molecule has 5 nitrogen and oxygen atoms in total. The van der Waals surface area contributed by atoms with Crippen molar-refractivity contribution in [3.05, 3.63) is 34.9 Å². The lowest BCUT2D eigenvalue weighted by atomic mass is 9.96. The van der Waals surface area contributed by atoms with Gasteiger partial charge in [-0.15, -0.1) is 0 Å². The van der Waals surface area contributed by atoms with Crippen molar-refractivity contribution in [1.29, 1.82) is 0 Å². The first-order valence-electron chi connectivity index (χ1n) is 11.8. The van der Waals surface area contributed by atoms with E-state index in [1.54, 1.807) is 0 Å². The molecular weight excluding hydrogens is 394 g/mol. The number of aliphatic imine (C=N–C) groups is 1. The van der Waals surface area contributed by atoms with Crippen LogP contribution in [0.4, 0.5) is 0 Å². The van der Waals surface area contributed by atoms with Crippen LogP contribution in [0.1, 0.15) is 37.7 Å². The summed E-state index contributed by atoms with van der Waals surface area (Å²) in [7, 11) is 1.93. The zero-order valence-electron chi connectivity index (χ0n) is 18.5. The smallest absolute Gasteiger partial charge is 0.193 e. The maximum atomic E-state index is 6.34. The van der Waals surface area contributed by atoms with Crippen LogP contribution >= 0.6 is 11.6 Å². The molecule has 0 aliphatic carbocycles. The van der Waals surface area contributed by atoms with Crippen molar-refractivity contribution in [3.63, 3.8) is 0 Å². The number of rotatable bonds is 6. The van der Waals surface area contributed by atoms with Gasteiger partial charge in [-0.3, -0.25) is 9.89 Å². The van der Waals surface area contributed by atoms with Gasteiger partial charge in [0.15, 0.2) is 5.96 Å². The Morgan fingerprint density at radius 3 is 2.47 bits per heavy atom. The van der Waals surface area contributed by atoms with Gasteiger partial charge < -0.3 is 15.1 Å². The Bertz CT molecular complexity index is 695. The van der Waals surface area contributed by atoms with Gasteiger partial charge in [0.25, 0.3) is 0 Å². The van der Waals surface area contributed by atoms with E-state index in [2.05, 4.69) is 37.1 Å². The maximum absolute atomic E-state index is 6.34. The average molecular weight is 432 g/mol. The Hall–Kier alpha value is -1.30. The summed E-state index contributed by atoms with van der Waals surface area (Å²) in [6.45, 7) is 10.5. The highest BCUT2D eigenvalue weighted by Gasteiger charge is 2.28. The van der Waals surface area contributed by atoms with E-state index < -0.39 is 0 Å². The summed E-state index contributed by atoms with van der Waals surface area (Å²) < 4.78 is 0. The van der Waals surface area contributed by atoms with Gasteiger partial charge >= 0.3 is 0 Å². The molecule has 1 N–H and O–H groups in total. The fourth-order valence-electron chi connectivity index (χ4n) is 5.29. The van der Waals surface area contributed by atoms with Gasteiger partial charge in [-0.1, -0.05) is 29.8 Å². The van der Waals surface area contributed by atoms with E-state index in [1.807, 2.05) is 19.2 Å². The Morgan fingerprint density at radius 1 is 1.00 bits per heavy atom. The predicted molar refractivity (Wildman–Crippen MR) is 126 cm³/mol. The minimum Gasteiger partial charge on any atom is -0.356 e. The van der Waals surface area contributed by atoms with Crippen molar-refractivity contribution in [2.45, 2.75) is 38.6 Å². The summed E-state index contributed by atoms with van der Waals surface area (Å²) in [4.78, 5) is 12.3. The lowest BCUT2D eigenvalue weighted by Crippen LogP contribution is -2.44. The first-order chi connectivity index (χ1) is 14.7. The molecule has 0 aromatic heterocycles. The van der Waals surface area contributed by atoms with Gasteiger partial charge in [0.05, 0.1) is 0 Å². The Labute approximate surface area is 187 Å². The number of benzene rings is 1. The molecule has 1 aromatic carbocycles. The molecule has 0 amide bonds. The number of halogens is 1. The average Bonchev–Trinajstić information content (AvgIpc) is 3.44. The van der Waals surface area contributed by atoms with Crippen LogP contribution in [0.5, 0.6) is 0 Å². The second-order valence-electron chi connectivity index (χ2n) is 9.35. The largest absolute Gasteiger partial charge is 0.356 e. The van der Waals surface area contributed by atoms with E-state index >= 15 is 0 Å². The van der Waals surface area contributed by atoms with Crippen molar-refractivity contribution >= 4 is 17.6 Å². The van der Waals surface area contributed by atoms with Gasteiger partial charge in [0.1, 0.15) is 0 Å². The third-order valence-electron chi connectivity index (χ3n) is 7.12. The topological polar surface area (TPSA) is 34.1 Å². The van der Waals surface area contributed by atoms with Gasteiger partial charge in [0, 0.05) is 44.8 Å². The number of hydrogen-bond acceptors (Lipinski definition) is 3. The van der Waals surface area contributed by atoms with E-state index in [4.69, 9.17) is 11.6 Å². The molecule has 3 aliphatic rings. The summed E-state index contributed by atoms with van der Waals surface area (Å²) in [5, 5.41) is 4.58. The SMILES string of the molecule is CN=C(NCC1CCN(Cc2ccccc2Cl)CC1)N1CCC(CN2CCCC2)C1. The van der Waals surface area contributed by atoms with E-state index in [1.165, 1.54) is 57.3 Å². The quantitative estimate of drug-likeness (QED) is 0.551. The van der Waals surface area contributed by atoms with Gasteiger partial charge in [0.2, 0.25) is 0 Å². The molecule has 3 heterocycles. The first kappa shape index (κ1) is 21.9. The van der Waals surface area contributed by atoms with Crippen LogP contribution in [0.25, 0.3) is 0 Å². The molecule has 166 valence electrons. The molecule has 30 heavy (non-hydrogen) atoms. The summed E-state index contributed by atoms with van der Waals surface area (Å²) in [5.41, 5.74) is 1.24. The van der Waals surface area contributed by atoms with Crippen molar-refractivity contribution in [3.8, 4) is 0 Å². The van der Waals surface area contributed by atoms with Crippen molar-refractivity contribution in [2.24, 2.45) is 16.8 Å². The number of likely N-dealkylation sites (tertiary alicyclic amines) is 3. The van der Waals surface area contributed by atoms with Crippen molar-refractivity contribution in [2.75, 3.05) is 59.4 Å². The molecular formula is C24H38ClN5. The van der Waals surface area contributed by atoms with Gasteiger partial charge in [-0.05, 0) is 81.7 Å². The minimum atomic E-state index is 0.729. The van der Waals surface area contributed by atoms with Gasteiger partial charge in [-0.2, -0.15) is 0 Å². The Kier molecular flexibility index (Phi) is 7.91. The number of guanidine groups is 1. The summed E-state index contributed by atoms with van der Waals surface area (Å²) >= 11 is 6.34. The van der Waals surface area contributed by atoms with Crippen LogP contribution in [0.2, 0.25) is 5.02 Å². The van der Waals surface area contributed by atoms with Crippen LogP contribution < -0.4 is 5.32 Å². The molecule has 0 bridgehead atoms. The van der Waals surface area contributed by atoms with Crippen LogP contribution in [-0.2, 0) is 6.54 Å². The molecule has 4 rings (SSSR count). The highest BCUT2D eigenvalue weighted by molar-refractivity contribution is 6.31. The van der Waals surface area contributed by atoms with Crippen LogP contribution in [-0.4, -0.2) is 80.1 Å². The number of nitrogens with one attached hydrogen (secondary N) is 1. The van der Waals surface area contributed by atoms with Crippen LogP contribution in [0.3, 0.4) is 0 Å². The lowest BCUT2D eigenvalue weighted by molar-refractivity contribution is 0.177. The molecule has 0 spiro atoms. The fourth-order valence-corrected chi connectivity index (χ4v) is 5.48. The molecule has 6 heteroatoms. The summed E-state index contributed by atoms with van der Waals surface area (Å²) in [5.74, 6) is 2.64. The normalized spacial score (nSPS) is 24.7. The van der Waals surface area contributed by atoms with Crippen LogP contribution in [0.15, 0.2) is 29.3 Å². The third-order valence-corrected chi connectivity index (χ3v) is 7.49. The molecule has 0 radical (unpaired) electrons. The molecule has 3 saturated heterocycles. The second kappa shape index (κ2) is 10.8.